The molecule has 2 aromatic carbocycles. The molecule has 1 nitrogen and oxygen atoms in total. The molecule has 0 atom stereocenters. The summed E-state index contributed by atoms with van der Waals surface area (Å²) in [5.74, 6) is 0. The van der Waals surface area contributed by atoms with Crippen molar-refractivity contribution in [2.24, 2.45) is 5.73 Å². The minimum absolute atomic E-state index is 0.819. The predicted molar refractivity (Wildman–Crippen MR) is 69.7 cm³/mol. The van der Waals surface area contributed by atoms with Gasteiger partial charge in [-0.1, -0.05) is 60.7 Å². The fourth-order valence-corrected chi connectivity index (χ4v) is 1.65. The molecular weight excluding hydrogens is 194 g/mol. The lowest BCUT2D eigenvalue weighted by Gasteiger charge is -2.04. The summed E-state index contributed by atoms with van der Waals surface area (Å²) in [6, 6.07) is 18.6. The molecule has 0 aliphatic carbocycles. The molecule has 2 N–H and O–H groups in total. The van der Waals surface area contributed by atoms with Crippen LogP contribution in [0.4, 0.5) is 0 Å². The molecule has 0 radical (unpaired) electrons. The van der Waals surface area contributed by atoms with Gasteiger partial charge in [0.05, 0.1) is 0 Å². The van der Waals surface area contributed by atoms with Crippen LogP contribution in [0.3, 0.4) is 0 Å². The van der Waals surface area contributed by atoms with E-state index in [1.807, 2.05) is 31.2 Å². The molecule has 0 unspecified atom stereocenters. The van der Waals surface area contributed by atoms with Crippen molar-refractivity contribution < 1.29 is 0 Å². The van der Waals surface area contributed by atoms with Gasteiger partial charge < -0.3 is 5.73 Å². The van der Waals surface area contributed by atoms with Gasteiger partial charge in [0.15, 0.2) is 0 Å². The van der Waals surface area contributed by atoms with Crippen molar-refractivity contribution in [3.63, 3.8) is 0 Å². The van der Waals surface area contributed by atoms with E-state index < -0.39 is 0 Å². The molecule has 0 fully saturated rings. The van der Waals surface area contributed by atoms with E-state index in [0.29, 0.717) is 0 Å². The van der Waals surface area contributed by atoms with Crippen LogP contribution < -0.4 is 5.73 Å². The number of nitrogens with two attached hydrogens (primary N) is 1. The van der Waals surface area contributed by atoms with Crippen LogP contribution in [0.25, 0.3) is 16.8 Å². The lowest BCUT2D eigenvalue weighted by Crippen LogP contribution is -1.94. The van der Waals surface area contributed by atoms with Crippen molar-refractivity contribution in [2.45, 2.75) is 6.92 Å². The second-order valence-corrected chi connectivity index (χ2v) is 3.69. The van der Waals surface area contributed by atoms with E-state index in [-0.39, 0.29) is 0 Å². The Morgan fingerprint density at radius 3 is 2.00 bits per heavy atom. The fraction of sp³-hybridized carbons (Fsp3) is 0.0667. The third-order valence-corrected chi connectivity index (χ3v) is 2.64. The number of benzene rings is 2. The topological polar surface area (TPSA) is 26.0 Å². The van der Waals surface area contributed by atoms with Crippen LogP contribution in [-0.2, 0) is 0 Å². The summed E-state index contributed by atoms with van der Waals surface area (Å²) in [6.07, 6.45) is 1.91. The molecule has 0 spiro atoms. The van der Waals surface area contributed by atoms with E-state index in [1.54, 1.807) is 0 Å². The molecule has 0 saturated heterocycles. The molecule has 0 amide bonds. The molecular formula is C15H15N. The van der Waals surface area contributed by atoms with Crippen molar-refractivity contribution in [1.29, 1.82) is 0 Å². The van der Waals surface area contributed by atoms with Gasteiger partial charge in [-0.3, -0.25) is 0 Å². The third kappa shape index (κ3) is 2.14. The Morgan fingerprint density at radius 2 is 1.44 bits per heavy atom. The van der Waals surface area contributed by atoms with Crippen molar-refractivity contribution in [1.82, 2.24) is 0 Å². The van der Waals surface area contributed by atoms with E-state index in [2.05, 4.69) is 36.4 Å². The molecule has 2 rings (SSSR count). The van der Waals surface area contributed by atoms with E-state index >= 15 is 0 Å². The summed E-state index contributed by atoms with van der Waals surface area (Å²) in [7, 11) is 0. The van der Waals surface area contributed by atoms with Gasteiger partial charge in [0.1, 0.15) is 0 Å². The predicted octanol–water partition coefficient (Wildman–Crippen LogP) is 3.67. The summed E-state index contributed by atoms with van der Waals surface area (Å²) >= 11 is 0. The normalized spacial score (nSPS) is 11.4. The first kappa shape index (κ1) is 10.5. The van der Waals surface area contributed by atoms with Crippen molar-refractivity contribution in [3.8, 4) is 11.1 Å². The molecule has 16 heavy (non-hydrogen) atoms. The average Bonchev–Trinajstić information content (AvgIpc) is 2.39. The molecule has 1 heteroatoms. The highest BCUT2D eigenvalue weighted by molar-refractivity contribution is 5.68. The Labute approximate surface area is 96.2 Å². The summed E-state index contributed by atoms with van der Waals surface area (Å²) < 4.78 is 0. The standard InChI is InChI=1S/C15H15N/c1-2-15(16)14-10-8-13(9-11-14)12-6-4-3-5-7-12/h2-11H,16H2,1H3/b15-2-. The van der Waals surface area contributed by atoms with Crippen LogP contribution >= 0.6 is 0 Å². The van der Waals surface area contributed by atoms with Crippen LogP contribution in [0, 0.1) is 0 Å². The van der Waals surface area contributed by atoms with Crippen LogP contribution in [0.2, 0.25) is 0 Å². The summed E-state index contributed by atoms with van der Waals surface area (Å²) in [4.78, 5) is 0. The lowest BCUT2D eigenvalue weighted by molar-refractivity contribution is 1.49. The molecule has 0 heterocycles. The fourth-order valence-electron chi connectivity index (χ4n) is 1.65. The van der Waals surface area contributed by atoms with Crippen molar-refractivity contribution in [2.75, 3.05) is 0 Å². The van der Waals surface area contributed by atoms with Crippen LogP contribution in [0.15, 0.2) is 60.7 Å². The Balaban J connectivity index is 2.34. The molecule has 0 saturated carbocycles. The van der Waals surface area contributed by atoms with Gasteiger partial charge in [-0.2, -0.15) is 0 Å². The number of hydrogen-bond acceptors (Lipinski definition) is 1. The van der Waals surface area contributed by atoms with Crippen molar-refractivity contribution in [3.05, 3.63) is 66.2 Å². The molecule has 0 aliphatic rings. The summed E-state index contributed by atoms with van der Waals surface area (Å²) in [6.45, 7) is 1.94. The smallest absolute Gasteiger partial charge is 0.0344 e. The van der Waals surface area contributed by atoms with E-state index in [1.165, 1.54) is 11.1 Å². The highest BCUT2D eigenvalue weighted by Crippen LogP contribution is 2.20. The van der Waals surface area contributed by atoms with Gasteiger partial charge in [-0.05, 0) is 23.6 Å². The molecule has 0 aliphatic heterocycles. The maximum Gasteiger partial charge on any atom is 0.0344 e. The molecule has 0 bridgehead atoms. The second-order valence-electron chi connectivity index (χ2n) is 3.69. The lowest BCUT2D eigenvalue weighted by atomic mass is 10.0. The zero-order chi connectivity index (χ0) is 11.4. The monoisotopic (exact) mass is 209 g/mol. The average molecular weight is 209 g/mol. The first-order valence-electron chi connectivity index (χ1n) is 5.39. The van der Waals surface area contributed by atoms with E-state index in [9.17, 15) is 0 Å². The minimum atomic E-state index is 0.819. The van der Waals surface area contributed by atoms with Gasteiger partial charge in [0, 0.05) is 5.70 Å². The minimum Gasteiger partial charge on any atom is -0.399 e. The molecule has 2 aromatic rings. The quantitative estimate of drug-likeness (QED) is 0.802. The van der Waals surface area contributed by atoms with Gasteiger partial charge in [0.25, 0.3) is 0 Å². The number of allylic oxidation sites excluding steroid dienone is 1. The number of hydrogen-bond donors (Lipinski definition) is 1. The largest absolute Gasteiger partial charge is 0.399 e. The van der Waals surface area contributed by atoms with Gasteiger partial charge >= 0.3 is 0 Å². The zero-order valence-corrected chi connectivity index (χ0v) is 9.35. The SMILES string of the molecule is C/C=C(\N)c1ccc(-c2ccccc2)cc1. The van der Waals surface area contributed by atoms with Crippen molar-refractivity contribution >= 4 is 5.70 Å². The van der Waals surface area contributed by atoms with E-state index in [4.69, 9.17) is 5.73 Å². The maximum absolute atomic E-state index is 5.84. The van der Waals surface area contributed by atoms with E-state index in [0.717, 1.165) is 11.3 Å². The zero-order valence-electron chi connectivity index (χ0n) is 9.35. The first-order chi connectivity index (χ1) is 7.81. The Hall–Kier alpha value is -2.02. The maximum atomic E-state index is 5.84. The third-order valence-electron chi connectivity index (χ3n) is 2.64. The van der Waals surface area contributed by atoms with Gasteiger partial charge in [-0.15, -0.1) is 0 Å². The van der Waals surface area contributed by atoms with Crippen LogP contribution in [0.5, 0.6) is 0 Å². The van der Waals surface area contributed by atoms with Crippen LogP contribution in [0.1, 0.15) is 12.5 Å². The van der Waals surface area contributed by atoms with Gasteiger partial charge in [0.2, 0.25) is 0 Å². The highest BCUT2D eigenvalue weighted by atomic mass is 14.6. The molecule has 0 aromatic heterocycles. The number of rotatable bonds is 2. The summed E-state index contributed by atoms with van der Waals surface area (Å²) in [5.41, 5.74) is 10.2. The Kier molecular flexibility index (Phi) is 3.06. The summed E-state index contributed by atoms with van der Waals surface area (Å²) in [5, 5.41) is 0. The first-order valence-corrected chi connectivity index (χ1v) is 5.39. The van der Waals surface area contributed by atoms with Crippen LogP contribution in [-0.4, -0.2) is 0 Å². The molecule has 80 valence electrons. The highest BCUT2D eigenvalue weighted by Gasteiger charge is 1.98. The second kappa shape index (κ2) is 4.67. The van der Waals surface area contributed by atoms with Gasteiger partial charge in [-0.25, -0.2) is 0 Å². The Bertz CT molecular complexity index is 481. The Morgan fingerprint density at radius 1 is 0.875 bits per heavy atom.